The summed E-state index contributed by atoms with van der Waals surface area (Å²) in [7, 11) is -2.67. The van der Waals surface area contributed by atoms with E-state index in [4.69, 9.17) is 11.6 Å². The molecule has 0 unspecified atom stereocenters. The Balaban J connectivity index is 1.67. The molecular weight excluding hydrogens is 432 g/mol. The van der Waals surface area contributed by atoms with Gasteiger partial charge in [-0.15, -0.1) is 11.3 Å². The van der Waals surface area contributed by atoms with E-state index in [1.165, 1.54) is 42.2 Å². The largest absolute Gasteiger partial charge is 0.465 e. The smallest absolute Gasteiger partial charge is 0.337 e. The van der Waals surface area contributed by atoms with Gasteiger partial charge in [0.15, 0.2) is 0 Å². The molecule has 1 heterocycles. The lowest BCUT2D eigenvalue weighted by molar-refractivity contribution is 0.0600. The molecule has 0 aliphatic carbocycles. The molecule has 0 amide bonds. The first kappa shape index (κ1) is 21.4. The fourth-order valence-corrected chi connectivity index (χ4v) is 5.01. The summed E-state index contributed by atoms with van der Waals surface area (Å²) in [4.78, 5) is 16.1. The molecule has 2 aromatic carbocycles. The summed E-state index contributed by atoms with van der Waals surface area (Å²) in [6, 6.07) is 12.0. The average Bonchev–Trinajstić information content (AvgIpc) is 3.17. The molecule has 0 radical (unpaired) electrons. The van der Waals surface area contributed by atoms with Crippen LogP contribution in [-0.4, -0.2) is 33.0 Å². The van der Waals surface area contributed by atoms with E-state index >= 15 is 0 Å². The minimum atomic E-state index is -3.89. The fourth-order valence-electron chi connectivity index (χ4n) is 2.60. The molecule has 0 aliphatic rings. The van der Waals surface area contributed by atoms with Gasteiger partial charge in [-0.3, -0.25) is 0 Å². The number of nitrogens with zero attached hydrogens (tertiary/aromatic N) is 1. The first-order valence-corrected chi connectivity index (χ1v) is 11.4. The third kappa shape index (κ3) is 5.22. The highest BCUT2D eigenvalue weighted by molar-refractivity contribution is 7.89. The number of hydrogen-bond acceptors (Lipinski definition) is 6. The highest BCUT2D eigenvalue weighted by atomic mass is 35.5. The molecule has 3 rings (SSSR count). The van der Waals surface area contributed by atoms with Gasteiger partial charge in [-0.25, -0.2) is 22.9 Å². The number of thiazole rings is 1. The number of hydrogen-bond donors (Lipinski definition) is 1. The van der Waals surface area contributed by atoms with Crippen LogP contribution in [0.5, 0.6) is 0 Å². The van der Waals surface area contributed by atoms with Crippen LogP contribution in [0, 0.1) is 6.92 Å². The summed E-state index contributed by atoms with van der Waals surface area (Å²) in [5, 5.41) is 2.83. The highest BCUT2D eigenvalue weighted by Gasteiger charge is 2.20. The Labute approximate surface area is 178 Å². The van der Waals surface area contributed by atoms with Crippen LogP contribution >= 0.6 is 22.9 Å². The second-order valence-corrected chi connectivity index (χ2v) is 9.30. The van der Waals surface area contributed by atoms with E-state index in [-0.39, 0.29) is 22.0 Å². The van der Waals surface area contributed by atoms with E-state index in [2.05, 4.69) is 14.4 Å². The predicted molar refractivity (Wildman–Crippen MR) is 114 cm³/mol. The minimum Gasteiger partial charge on any atom is -0.465 e. The summed E-state index contributed by atoms with van der Waals surface area (Å²) in [6.45, 7) is 2.18. The number of halogens is 1. The highest BCUT2D eigenvalue weighted by Crippen LogP contribution is 2.25. The van der Waals surface area contributed by atoms with Gasteiger partial charge in [-0.05, 0) is 25.1 Å². The molecule has 29 heavy (non-hydrogen) atoms. The summed E-state index contributed by atoms with van der Waals surface area (Å²) in [6.07, 6.45) is 0.426. The Morgan fingerprint density at radius 1 is 1.21 bits per heavy atom. The molecule has 0 spiro atoms. The maximum atomic E-state index is 12.6. The second kappa shape index (κ2) is 9.04. The number of benzene rings is 2. The van der Waals surface area contributed by atoms with Crippen molar-refractivity contribution < 1.29 is 17.9 Å². The number of esters is 1. The molecule has 0 atom stereocenters. The summed E-state index contributed by atoms with van der Waals surface area (Å²) < 4.78 is 32.3. The predicted octanol–water partition coefficient (Wildman–Crippen LogP) is 4.08. The maximum absolute atomic E-state index is 12.6. The van der Waals surface area contributed by atoms with E-state index < -0.39 is 16.0 Å². The maximum Gasteiger partial charge on any atom is 0.337 e. The van der Waals surface area contributed by atoms with E-state index in [1.54, 1.807) is 0 Å². The van der Waals surface area contributed by atoms with Crippen molar-refractivity contribution in [2.24, 2.45) is 0 Å². The van der Waals surface area contributed by atoms with Crippen LogP contribution in [0.4, 0.5) is 0 Å². The SMILES string of the molecule is COC(=O)c1ccc(Cl)c(S(=O)(=O)NCCc2csc(-c3ccc(C)cc3)n2)c1. The van der Waals surface area contributed by atoms with Gasteiger partial charge in [0.1, 0.15) is 9.90 Å². The third-order valence-corrected chi connectivity index (χ3v) is 7.05. The van der Waals surface area contributed by atoms with E-state index in [9.17, 15) is 13.2 Å². The molecule has 0 aliphatic heterocycles. The van der Waals surface area contributed by atoms with Crippen LogP contribution in [0.2, 0.25) is 5.02 Å². The Kier molecular flexibility index (Phi) is 6.69. The Morgan fingerprint density at radius 2 is 1.93 bits per heavy atom. The number of sulfonamides is 1. The van der Waals surface area contributed by atoms with Crippen LogP contribution < -0.4 is 4.72 Å². The van der Waals surface area contributed by atoms with Crippen molar-refractivity contribution >= 4 is 38.9 Å². The van der Waals surface area contributed by atoms with Crippen LogP contribution in [0.3, 0.4) is 0 Å². The van der Waals surface area contributed by atoms with E-state index in [1.807, 2.05) is 36.6 Å². The molecule has 1 aromatic heterocycles. The van der Waals surface area contributed by atoms with Crippen molar-refractivity contribution in [1.82, 2.24) is 9.71 Å². The summed E-state index contributed by atoms with van der Waals surface area (Å²) in [5.74, 6) is -0.635. The Morgan fingerprint density at radius 3 is 2.62 bits per heavy atom. The first-order valence-electron chi connectivity index (χ1n) is 8.69. The number of aryl methyl sites for hydroxylation is 1. The van der Waals surface area contributed by atoms with Crippen LogP contribution in [0.25, 0.3) is 10.6 Å². The van der Waals surface area contributed by atoms with E-state index in [0.29, 0.717) is 6.42 Å². The quantitative estimate of drug-likeness (QED) is 0.548. The van der Waals surface area contributed by atoms with Crippen molar-refractivity contribution in [1.29, 1.82) is 0 Å². The molecule has 0 saturated carbocycles. The first-order chi connectivity index (χ1) is 13.8. The summed E-state index contributed by atoms with van der Waals surface area (Å²) in [5.41, 5.74) is 3.11. The number of carbonyl (C=O) groups excluding carboxylic acids is 1. The van der Waals surface area contributed by atoms with Crippen LogP contribution in [-0.2, 0) is 21.2 Å². The second-order valence-electron chi connectivity index (χ2n) is 6.29. The lowest BCUT2D eigenvalue weighted by Gasteiger charge is -2.09. The number of rotatable bonds is 7. The standard InChI is InChI=1S/C20H19ClN2O4S2/c1-13-3-5-14(6-4-13)19-23-16(12-28-19)9-10-22-29(25,26)18-11-15(20(24)27-2)7-8-17(18)21/h3-8,11-12,22H,9-10H2,1-2H3. The van der Waals surface area contributed by atoms with Crippen LogP contribution in [0.15, 0.2) is 52.7 Å². The molecule has 1 N–H and O–H groups in total. The monoisotopic (exact) mass is 450 g/mol. The molecule has 0 fully saturated rings. The molecule has 0 saturated heterocycles. The van der Waals surface area contributed by atoms with Gasteiger partial charge >= 0.3 is 5.97 Å². The normalized spacial score (nSPS) is 11.4. The molecule has 3 aromatic rings. The fraction of sp³-hybridized carbons (Fsp3) is 0.200. The van der Waals surface area contributed by atoms with Crippen molar-refractivity contribution in [2.45, 2.75) is 18.2 Å². The van der Waals surface area contributed by atoms with E-state index in [0.717, 1.165) is 16.3 Å². The molecule has 9 heteroatoms. The average molecular weight is 451 g/mol. The molecule has 152 valence electrons. The zero-order chi connectivity index (χ0) is 21.0. The Hall–Kier alpha value is -2.26. The number of methoxy groups -OCH3 is 1. The lowest BCUT2D eigenvalue weighted by atomic mass is 10.2. The zero-order valence-corrected chi connectivity index (χ0v) is 18.2. The molecular formula is C20H19ClN2O4S2. The van der Waals surface area contributed by atoms with Crippen molar-refractivity contribution in [3.63, 3.8) is 0 Å². The molecule has 6 nitrogen and oxygen atoms in total. The van der Waals surface area contributed by atoms with Gasteiger partial charge in [0.2, 0.25) is 10.0 Å². The van der Waals surface area contributed by atoms with Crippen molar-refractivity contribution in [3.8, 4) is 10.6 Å². The van der Waals surface area contributed by atoms with Gasteiger partial charge in [-0.2, -0.15) is 0 Å². The van der Waals surface area contributed by atoms with Gasteiger partial charge in [0.05, 0.1) is 23.4 Å². The number of aromatic nitrogens is 1. The zero-order valence-electron chi connectivity index (χ0n) is 15.8. The van der Waals surface area contributed by atoms with Gasteiger partial charge in [-0.1, -0.05) is 41.4 Å². The van der Waals surface area contributed by atoms with Gasteiger partial charge in [0.25, 0.3) is 0 Å². The Bertz CT molecular complexity index is 1130. The summed E-state index contributed by atoms with van der Waals surface area (Å²) >= 11 is 7.54. The number of nitrogens with one attached hydrogen (secondary N) is 1. The number of carbonyl (C=O) groups is 1. The van der Waals surface area contributed by atoms with Crippen molar-refractivity contribution in [2.75, 3.05) is 13.7 Å². The van der Waals surface area contributed by atoms with Crippen LogP contribution in [0.1, 0.15) is 21.6 Å². The van der Waals surface area contributed by atoms with Gasteiger partial charge in [0, 0.05) is 23.9 Å². The molecule has 0 bridgehead atoms. The topological polar surface area (TPSA) is 85.4 Å². The van der Waals surface area contributed by atoms with Crippen molar-refractivity contribution in [3.05, 3.63) is 69.7 Å². The van der Waals surface area contributed by atoms with Gasteiger partial charge < -0.3 is 4.74 Å². The lowest BCUT2D eigenvalue weighted by Crippen LogP contribution is -2.26. The third-order valence-electron chi connectivity index (χ3n) is 4.17. The number of ether oxygens (including phenoxy) is 1. The minimum absolute atomic E-state index is 0.0282.